The summed E-state index contributed by atoms with van der Waals surface area (Å²) in [6.07, 6.45) is 2.65. The molecule has 0 unspecified atom stereocenters. The van der Waals surface area contributed by atoms with E-state index in [-0.39, 0.29) is 10.6 Å². The van der Waals surface area contributed by atoms with Gasteiger partial charge < -0.3 is 5.32 Å². The molecule has 0 atom stereocenters. The first-order valence-corrected chi connectivity index (χ1v) is 14.5. The standard InChI is InChI=1S/C25H27FN2O3S3/c1-32-23-11-13-24(14-12-23)34(30,31)28(22-10-5-9-21(26)17-22)18-25(29)27-15-6-16-33-19-20-7-3-2-4-8-20/h2-5,7-14,17H,6,15-16,18-19H2,1H3,(H,27,29). The Morgan fingerprint density at radius 2 is 1.74 bits per heavy atom. The van der Waals surface area contributed by atoms with Gasteiger partial charge in [0.1, 0.15) is 12.4 Å². The number of benzene rings is 3. The van der Waals surface area contributed by atoms with Crippen LogP contribution in [0.25, 0.3) is 0 Å². The van der Waals surface area contributed by atoms with Gasteiger partial charge in [-0.15, -0.1) is 11.8 Å². The van der Waals surface area contributed by atoms with E-state index in [0.29, 0.717) is 6.54 Å². The van der Waals surface area contributed by atoms with Crippen LogP contribution in [0.1, 0.15) is 12.0 Å². The van der Waals surface area contributed by atoms with Gasteiger partial charge in [-0.2, -0.15) is 11.8 Å². The van der Waals surface area contributed by atoms with Crippen molar-refractivity contribution in [3.8, 4) is 0 Å². The van der Waals surface area contributed by atoms with E-state index >= 15 is 0 Å². The fourth-order valence-electron chi connectivity index (χ4n) is 3.17. The average molecular weight is 519 g/mol. The van der Waals surface area contributed by atoms with Crippen LogP contribution in [0.5, 0.6) is 0 Å². The van der Waals surface area contributed by atoms with Crippen LogP contribution in [-0.2, 0) is 20.6 Å². The summed E-state index contributed by atoms with van der Waals surface area (Å²) >= 11 is 3.27. The zero-order chi connectivity index (χ0) is 24.4. The summed E-state index contributed by atoms with van der Waals surface area (Å²) in [5.41, 5.74) is 1.35. The van der Waals surface area contributed by atoms with E-state index in [1.54, 1.807) is 23.9 Å². The Bertz CT molecular complexity index is 1170. The topological polar surface area (TPSA) is 66.5 Å². The zero-order valence-electron chi connectivity index (χ0n) is 18.8. The number of halogens is 1. The SMILES string of the molecule is CSc1ccc(S(=O)(=O)N(CC(=O)NCCCSCc2ccccc2)c2cccc(F)c2)cc1. The quantitative estimate of drug-likeness (QED) is 0.264. The maximum absolute atomic E-state index is 13.9. The second-order valence-electron chi connectivity index (χ2n) is 7.41. The molecule has 5 nitrogen and oxygen atoms in total. The number of rotatable bonds is 12. The smallest absolute Gasteiger partial charge is 0.264 e. The van der Waals surface area contributed by atoms with Gasteiger partial charge in [-0.3, -0.25) is 9.10 Å². The van der Waals surface area contributed by atoms with Crippen LogP contribution in [0.4, 0.5) is 10.1 Å². The molecule has 3 rings (SSSR count). The van der Waals surface area contributed by atoms with Crippen molar-refractivity contribution in [3.63, 3.8) is 0 Å². The molecule has 1 amide bonds. The highest BCUT2D eigenvalue weighted by Gasteiger charge is 2.27. The highest BCUT2D eigenvalue weighted by Crippen LogP contribution is 2.26. The minimum Gasteiger partial charge on any atom is -0.354 e. The molecule has 3 aromatic rings. The maximum Gasteiger partial charge on any atom is 0.264 e. The van der Waals surface area contributed by atoms with Crippen LogP contribution in [0.2, 0.25) is 0 Å². The van der Waals surface area contributed by atoms with Gasteiger partial charge in [-0.25, -0.2) is 12.8 Å². The Balaban J connectivity index is 1.61. The third-order valence-corrected chi connectivity index (χ3v) is 8.58. The van der Waals surface area contributed by atoms with E-state index in [1.807, 2.05) is 24.5 Å². The number of sulfonamides is 1. The lowest BCUT2D eigenvalue weighted by molar-refractivity contribution is -0.119. The number of hydrogen-bond acceptors (Lipinski definition) is 5. The lowest BCUT2D eigenvalue weighted by Gasteiger charge is -2.24. The monoisotopic (exact) mass is 518 g/mol. The molecule has 0 aromatic heterocycles. The molecule has 0 saturated heterocycles. The van der Waals surface area contributed by atoms with Crippen molar-refractivity contribution in [2.45, 2.75) is 22.0 Å². The van der Waals surface area contributed by atoms with Gasteiger partial charge in [-0.1, -0.05) is 36.4 Å². The minimum atomic E-state index is -4.07. The van der Waals surface area contributed by atoms with Gasteiger partial charge in [0.2, 0.25) is 5.91 Å². The van der Waals surface area contributed by atoms with Crippen LogP contribution in [0.15, 0.2) is 88.7 Å². The predicted octanol–water partition coefficient (Wildman–Crippen LogP) is 5.18. The third-order valence-electron chi connectivity index (χ3n) is 4.93. The summed E-state index contributed by atoms with van der Waals surface area (Å²) in [5, 5.41) is 2.78. The van der Waals surface area contributed by atoms with Gasteiger partial charge in [-0.05, 0) is 66.5 Å². The summed E-state index contributed by atoms with van der Waals surface area (Å²) in [6, 6.07) is 21.8. The van der Waals surface area contributed by atoms with Crippen molar-refractivity contribution >= 4 is 45.1 Å². The van der Waals surface area contributed by atoms with Crippen molar-refractivity contribution in [1.82, 2.24) is 5.32 Å². The van der Waals surface area contributed by atoms with E-state index < -0.39 is 28.3 Å². The van der Waals surface area contributed by atoms with E-state index in [4.69, 9.17) is 0 Å². The maximum atomic E-state index is 13.9. The molecule has 9 heteroatoms. The number of amides is 1. The lowest BCUT2D eigenvalue weighted by Crippen LogP contribution is -2.41. The fraction of sp³-hybridized carbons (Fsp3) is 0.240. The van der Waals surface area contributed by atoms with E-state index in [1.165, 1.54) is 47.7 Å². The van der Waals surface area contributed by atoms with Crippen LogP contribution in [0, 0.1) is 5.82 Å². The Morgan fingerprint density at radius 1 is 1.00 bits per heavy atom. The largest absolute Gasteiger partial charge is 0.354 e. The van der Waals surface area contributed by atoms with Crippen molar-refractivity contribution < 1.29 is 17.6 Å². The van der Waals surface area contributed by atoms with E-state index in [0.717, 1.165) is 33.2 Å². The molecule has 0 spiro atoms. The van der Waals surface area contributed by atoms with Gasteiger partial charge >= 0.3 is 0 Å². The minimum absolute atomic E-state index is 0.0414. The molecule has 0 aliphatic carbocycles. The summed E-state index contributed by atoms with van der Waals surface area (Å²) in [4.78, 5) is 13.6. The Kier molecular flexibility index (Phi) is 9.86. The summed E-state index contributed by atoms with van der Waals surface area (Å²) in [7, 11) is -4.07. The second-order valence-corrected chi connectivity index (χ2v) is 11.3. The molecule has 0 heterocycles. The van der Waals surface area contributed by atoms with Crippen LogP contribution in [0.3, 0.4) is 0 Å². The van der Waals surface area contributed by atoms with Gasteiger partial charge in [0, 0.05) is 17.2 Å². The fourth-order valence-corrected chi connectivity index (χ4v) is 5.92. The third kappa shape index (κ3) is 7.51. The Morgan fingerprint density at radius 3 is 2.41 bits per heavy atom. The number of carbonyl (C=O) groups excluding carboxylic acids is 1. The molecule has 0 fully saturated rings. The molecule has 0 radical (unpaired) electrons. The van der Waals surface area contributed by atoms with Crippen LogP contribution >= 0.6 is 23.5 Å². The predicted molar refractivity (Wildman–Crippen MR) is 139 cm³/mol. The van der Waals surface area contributed by atoms with Crippen molar-refractivity contribution in [1.29, 1.82) is 0 Å². The van der Waals surface area contributed by atoms with E-state index in [2.05, 4.69) is 17.4 Å². The molecule has 1 N–H and O–H groups in total. The number of hydrogen-bond donors (Lipinski definition) is 1. The second kappa shape index (κ2) is 12.8. The molecular weight excluding hydrogens is 491 g/mol. The van der Waals surface area contributed by atoms with E-state index in [9.17, 15) is 17.6 Å². The zero-order valence-corrected chi connectivity index (χ0v) is 21.3. The van der Waals surface area contributed by atoms with Crippen LogP contribution < -0.4 is 9.62 Å². The first-order valence-electron chi connectivity index (χ1n) is 10.7. The highest BCUT2D eigenvalue weighted by atomic mass is 32.2. The molecule has 0 aliphatic heterocycles. The number of nitrogens with one attached hydrogen (secondary N) is 1. The van der Waals surface area contributed by atoms with Crippen LogP contribution in [-0.4, -0.2) is 39.4 Å². The first kappa shape index (κ1) is 26.1. The van der Waals surface area contributed by atoms with Gasteiger partial charge in [0.05, 0.1) is 10.6 Å². The van der Waals surface area contributed by atoms with Crippen molar-refractivity contribution in [2.75, 3.05) is 29.4 Å². The molecule has 3 aromatic carbocycles. The number of anilines is 1. The normalized spacial score (nSPS) is 11.2. The van der Waals surface area contributed by atoms with Crippen molar-refractivity contribution in [2.24, 2.45) is 0 Å². The van der Waals surface area contributed by atoms with Gasteiger partial charge in [0.15, 0.2) is 0 Å². The molecule has 0 aliphatic rings. The first-order chi connectivity index (χ1) is 16.4. The average Bonchev–Trinajstić information content (AvgIpc) is 2.85. The van der Waals surface area contributed by atoms with Crippen molar-refractivity contribution in [3.05, 3.63) is 90.2 Å². The summed E-state index contributed by atoms with van der Waals surface area (Å²) in [5.74, 6) is 0.742. The molecule has 180 valence electrons. The van der Waals surface area contributed by atoms with Gasteiger partial charge in [0.25, 0.3) is 10.0 Å². The Labute approximate surface area is 209 Å². The lowest BCUT2D eigenvalue weighted by atomic mass is 10.2. The molecule has 0 bridgehead atoms. The summed E-state index contributed by atoms with van der Waals surface area (Å²) in [6.45, 7) is -0.00664. The molecule has 34 heavy (non-hydrogen) atoms. The summed E-state index contributed by atoms with van der Waals surface area (Å²) < 4.78 is 41.5. The number of thioether (sulfide) groups is 2. The number of carbonyl (C=O) groups is 1. The Hall–Kier alpha value is -2.49. The highest BCUT2D eigenvalue weighted by molar-refractivity contribution is 7.98. The molecular formula is C25H27FN2O3S3. The molecule has 0 saturated carbocycles. The number of nitrogens with zero attached hydrogens (tertiary/aromatic N) is 1.